The van der Waals surface area contributed by atoms with E-state index in [0.29, 0.717) is 52.5 Å². The van der Waals surface area contributed by atoms with E-state index < -0.39 is 35.2 Å². The molecular weight excluding hydrogens is 841 g/mol. The van der Waals surface area contributed by atoms with Gasteiger partial charge < -0.3 is 35.2 Å². The van der Waals surface area contributed by atoms with Crippen molar-refractivity contribution in [2.75, 3.05) is 86.9 Å². The van der Waals surface area contributed by atoms with E-state index in [1.807, 2.05) is 18.3 Å². The fourth-order valence-corrected chi connectivity index (χ4v) is 8.17. The van der Waals surface area contributed by atoms with Crippen molar-refractivity contribution in [2.24, 2.45) is 5.92 Å². The molecule has 3 N–H and O–H groups in total. The van der Waals surface area contributed by atoms with Gasteiger partial charge in [0.05, 0.1) is 30.4 Å². The lowest BCUT2D eigenvalue weighted by molar-refractivity contribution is -0.143. The Morgan fingerprint density at radius 3 is 2.17 bits per heavy atom. The van der Waals surface area contributed by atoms with Crippen molar-refractivity contribution in [3.05, 3.63) is 102 Å². The van der Waals surface area contributed by atoms with Gasteiger partial charge in [-0.15, -0.1) is 0 Å². The number of ether oxygens (including phenoxy) is 2. The normalized spacial score (nSPS) is 15.6. The van der Waals surface area contributed by atoms with Crippen LogP contribution in [0, 0.1) is 5.92 Å². The summed E-state index contributed by atoms with van der Waals surface area (Å²) in [5.74, 6) is 3.46. The summed E-state index contributed by atoms with van der Waals surface area (Å²) in [7, 11) is 1.57. The van der Waals surface area contributed by atoms with Gasteiger partial charge in [-0.3, -0.25) is 4.90 Å². The number of nitrogens with one attached hydrogen (secondary N) is 3. The number of piperidine rings is 1. The number of halogens is 6. The fourth-order valence-electron chi connectivity index (χ4n) is 8.17. The van der Waals surface area contributed by atoms with E-state index in [1.165, 1.54) is 44.9 Å². The molecule has 2 saturated heterocycles. The molecule has 7 rings (SSSR count). The maximum absolute atomic E-state index is 13.3. The molecule has 0 bridgehead atoms. The molecule has 2 aromatic heterocycles. The van der Waals surface area contributed by atoms with Gasteiger partial charge in [-0.25, -0.2) is 19.7 Å². The molecule has 5 aromatic rings. The molecule has 2 aliphatic rings. The Morgan fingerprint density at radius 1 is 0.734 bits per heavy atom. The summed E-state index contributed by atoms with van der Waals surface area (Å²) >= 11 is 0. The molecule has 3 aromatic carbocycles. The Hall–Kier alpha value is -5.88. The third kappa shape index (κ3) is 12.9. The first-order valence-electron chi connectivity index (χ1n) is 21.6. The zero-order valence-corrected chi connectivity index (χ0v) is 35.6. The highest BCUT2D eigenvalue weighted by atomic mass is 19.4. The minimum absolute atomic E-state index is 0.00732. The van der Waals surface area contributed by atoms with Crippen LogP contribution in [0.4, 0.5) is 54.1 Å². The minimum atomic E-state index is -5.05. The van der Waals surface area contributed by atoms with Gasteiger partial charge in [0.2, 0.25) is 0 Å². The molecule has 0 saturated carbocycles. The SMILES string of the molecule is COc1cc2ncnc(NCc3cccc(NC(=O)Nc4cc(C(F)(F)F)cc(C(F)(F)F)c4)c3)c2cc1OCCCCCCN1CCC(CN2CCN(c3ccccn3)CC2)CC1. The second-order valence-corrected chi connectivity index (χ2v) is 16.2. The Morgan fingerprint density at radius 2 is 1.47 bits per heavy atom. The number of carbonyl (C=O) groups is 1. The number of fused-ring (bicyclic) bond motifs is 1. The summed E-state index contributed by atoms with van der Waals surface area (Å²) in [4.78, 5) is 33.6. The second-order valence-electron chi connectivity index (χ2n) is 16.2. The second kappa shape index (κ2) is 21.2. The highest BCUT2D eigenvalue weighted by Gasteiger charge is 2.37. The number of aromatic nitrogens is 3. The highest BCUT2D eigenvalue weighted by molar-refractivity contribution is 6.00. The van der Waals surface area contributed by atoms with Crippen LogP contribution in [0.15, 0.2) is 85.3 Å². The first-order valence-corrected chi connectivity index (χ1v) is 21.6. The van der Waals surface area contributed by atoms with Crippen LogP contribution < -0.4 is 30.3 Å². The van der Waals surface area contributed by atoms with Crippen LogP contribution in [0.2, 0.25) is 0 Å². The average Bonchev–Trinajstić information content (AvgIpc) is 3.28. The topological polar surface area (TPSA) is 120 Å². The van der Waals surface area contributed by atoms with Crippen LogP contribution >= 0.6 is 0 Å². The number of nitrogens with zero attached hydrogens (tertiary/aromatic N) is 6. The summed E-state index contributed by atoms with van der Waals surface area (Å²) in [5.41, 5.74) is -2.17. The van der Waals surface area contributed by atoms with Gasteiger partial charge in [-0.1, -0.05) is 31.0 Å². The lowest BCUT2D eigenvalue weighted by Crippen LogP contribution is -2.49. The maximum Gasteiger partial charge on any atom is 0.416 e. The van der Waals surface area contributed by atoms with Crippen molar-refractivity contribution in [1.82, 2.24) is 24.8 Å². The zero-order valence-electron chi connectivity index (χ0n) is 35.6. The van der Waals surface area contributed by atoms with Crippen molar-refractivity contribution in [2.45, 2.75) is 57.4 Å². The van der Waals surface area contributed by atoms with Crippen LogP contribution in [-0.4, -0.2) is 96.9 Å². The van der Waals surface area contributed by atoms with Gasteiger partial charge in [-0.2, -0.15) is 26.3 Å². The number of anilines is 4. The quantitative estimate of drug-likeness (QED) is 0.0615. The largest absolute Gasteiger partial charge is 0.493 e. The van der Waals surface area contributed by atoms with E-state index in [4.69, 9.17) is 9.47 Å². The lowest BCUT2D eigenvalue weighted by Gasteiger charge is -2.39. The summed E-state index contributed by atoms with van der Waals surface area (Å²) < 4.78 is 91.6. The van der Waals surface area contributed by atoms with Crippen molar-refractivity contribution in [3.63, 3.8) is 0 Å². The molecule has 4 heterocycles. The van der Waals surface area contributed by atoms with E-state index in [0.717, 1.165) is 70.1 Å². The summed E-state index contributed by atoms with van der Waals surface area (Å²) in [6.45, 7) is 9.67. The monoisotopic (exact) mass is 893 g/mol. The van der Waals surface area contributed by atoms with Gasteiger partial charge in [0.1, 0.15) is 18.0 Å². The van der Waals surface area contributed by atoms with Crippen molar-refractivity contribution >= 4 is 39.9 Å². The van der Waals surface area contributed by atoms with Crippen LogP contribution in [0.5, 0.6) is 11.5 Å². The molecule has 0 unspecified atom stereocenters. The van der Waals surface area contributed by atoms with Crippen molar-refractivity contribution < 1.29 is 40.6 Å². The maximum atomic E-state index is 13.3. The first kappa shape index (κ1) is 46.1. The molecule has 0 aliphatic carbocycles. The average molecular weight is 894 g/mol. The van der Waals surface area contributed by atoms with Crippen LogP contribution in [-0.2, 0) is 18.9 Å². The molecule has 64 heavy (non-hydrogen) atoms. The number of urea groups is 1. The summed E-state index contributed by atoms with van der Waals surface area (Å²) in [6, 6.07) is 16.1. The summed E-state index contributed by atoms with van der Waals surface area (Å²) in [6.07, 6.45) is -0.0817. The predicted octanol–water partition coefficient (Wildman–Crippen LogP) is 9.80. The number of alkyl halides is 6. The fraction of sp³-hybridized carbons (Fsp3) is 0.435. The van der Waals surface area contributed by atoms with Crippen LogP contribution in [0.3, 0.4) is 0 Å². The number of methoxy groups -OCH3 is 1. The number of hydrogen-bond acceptors (Lipinski definition) is 10. The highest BCUT2D eigenvalue weighted by Crippen LogP contribution is 2.38. The molecular formula is C46H53F6N9O3. The number of unbranched alkanes of at least 4 members (excludes halogenated alkanes) is 3. The Kier molecular flexibility index (Phi) is 15.3. The molecule has 342 valence electrons. The van der Waals surface area contributed by atoms with Gasteiger partial charge in [0.15, 0.2) is 11.5 Å². The van der Waals surface area contributed by atoms with Gasteiger partial charge in [0.25, 0.3) is 0 Å². The van der Waals surface area contributed by atoms with Crippen LogP contribution in [0.25, 0.3) is 10.9 Å². The van der Waals surface area contributed by atoms with Gasteiger partial charge >= 0.3 is 18.4 Å². The number of pyridine rings is 1. The molecule has 0 radical (unpaired) electrons. The number of benzene rings is 3. The third-order valence-corrected chi connectivity index (χ3v) is 11.6. The number of amides is 2. The minimum Gasteiger partial charge on any atom is -0.493 e. The molecule has 2 amide bonds. The van der Waals surface area contributed by atoms with E-state index in [9.17, 15) is 31.1 Å². The standard InChI is InChI=1S/C46H53F6N9O3/c1-63-40-28-39-38(27-41(40)64-22-7-3-2-6-15-59-16-12-32(13-17-59)30-60-18-20-61(21-19-60)42-11-4-5-14-53-42)43(56-31-55-39)54-29-33-9-8-10-36(23-33)57-44(62)58-37-25-34(45(47,48)49)24-35(26-37)46(50,51)52/h4-5,8-11,14,23-28,31-32H,2-3,6-7,12-13,15-22,29-30H2,1H3,(H,54,55,56)(H2,57,58,62). The number of likely N-dealkylation sites (tertiary alicyclic amines) is 1. The Bertz CT molecular complexity index is 2270. The smallest absolute Gasteiger partial charge is 0.416 e. The Labute approximate surface area is 368 Å². The number of carbonyl (C=O) groups excluding carboxylic acids is 1. The van der Waals surface area contributed by atoms with Gasteiger partial charge in [0, 0.05) is 68.3 Å². The van der Waals surface area contributed by atoms with Crippen LogP contribution in [0.1, 0.15) is 55.2 Å². The van der Waals surface area contributed by atoms with E-state index in [1.54, 1.807) is 31.4 Å². The molecule has 18 heteroatoms. The van der Waals surface area contributed by atoms with Crippen molar-refractivity contribution in [1.29, 1.82) is 0 Å². The van der Waals surface area contributed by atoms with E-state index >= 15 is 0 Å². The molecule has 0 atom stereocenters. The molecule has 0 spiro atoms. The summed E-state index contributed by atoms with van der Waals surface area (Å²) in [5, 5.41) is 8.50. The number of piperazine rings is 1. The molecule has 2 fully saturated rings. The van der Waals surface area contributed by atoms with E-state index in [-0.39, 0.29) is 18.3 Å². The number of rotatable bonds is 17. The Balaban J connectivity index is 0.831. The lowest BCUT2D eigenvalue weighted by atomic mass is 9.95. The van der Waals surface area contributed by atoms with Gasteiger partial charge in [-0.05, 0) is 105 Å². The zero-order chi connectivity index (χ0) is 45.1. The third-order valence-electron chi connectivity index (χ3n) is 11.6. The number of hydrogen-bond donors (Lipinski definition) is 3. The molecule has 2 aliphatic heterocycles. The first-order chi connectivity index (χ1) is 30.8. The predicted molar refractivity (Wildman–Crippen MR) is 235 cm³/mol. The molecule has 12 nitrogen and oxygen atoms in total. The van der Waals surface area contributed by atoms with Crippen molar-refractivity contribution in [3.8, 4) is 11.5 Å². The van der Waals surface area contributed by atoms with E-state index in [2.05, 4.69) is 57.7 Å².